The van der Waals surface area contributed by atoms with E-state index in [-0.39, 0.29) is 5.56 Å². The lowest BCUT2D eigenvalue weighted by Gasteiger charge is -2.11. The van der Waals surface area contributed by atoms with E-state index in [4.69, 9.17) is 0 Å². The van der Waals surface area contributed by atoms with Crippen LogP contribution in [-0.4, -0.2) is 9.55 Å². The smallest absolute Gasteiger partial charge is 0.291 e. The molecule has 2 rings (SSSR count). The number of aromatic nitrogens is 2. The molecule has 0 N–H and O–H groups in total. The average Bonchev–Trinajstić information content (AvgIpc) is 2.47. The van der Waals surface area contributed by atoms with E-state index in [2.05, 4.69) is 4.98 Å². The van der Waals surface area contributed by atoms with E-state index in [1.165, 1.54) is 22.4 Å². The Morgan fingerprint density at radius 2 is 1.95 bits per heavy atom. The standard InChI is InChI=1S/C15H15F3N2OS/c1-9-10(2)19-14(20(3)13(9)21)22-8-11-5-4-6-12(7-11)15(16,17)18/h4-7H,8H2,1-3H3. The summed E-state index contributed by atoms with van der Waals surface area (Å²) in [5.41, 5.74) is 0.930. The highest BCUT2D eigenvalue weighted by atomic mass is 32.2. The first-order valence-electron chi connectivity index (χ1n) is 6.53. The molecule has 0 atom stereocenters. The Balaban J connectivity index is 2.23. The number of hydrogen-bond donors (Lipinski definition) is 0. The third kappa shape index (κ3) is 3.52. The molecule has 1 aromatic carbocycles. The Morgan fingerprint density at radius 1 is 1.27 bits per heavy atom. The highest BCUT2D eigenvalue weighted by molar-refractivity contribution is 7.98. The molecule has 0 unspecified atom stereocenters. The van der Waals surface area contributed by atoms with Crippen molar-refractivity contribution in [3.05, 3.63) is 57.0 Å². The van der Waals surface area contributed by atoms with E-state index >= 15 is 0 Å². The zero-order valence-electron chi connectivity index (χ0n) is 12.4. The van der Waals surface area contributed by atoms with Crippen LogP contribution in [0.1, 0.15) is 22.4 Å². The first kappa shape index (κ1) is 16.6. The second-order valence-electron chi connectivity index (χ2n) is 4.96. The van der Waals surface area contributed by atoms with E-state index in [1.54, 1.807) is 27.0 Å². The summed E-state index contributed by atoms with van der Waals surface area (Å²) in [5.74, 6) is 0.312. The van der Waals surface area contributed by atoms with Crippen LogP contribution in [0.2, 0.25) is 0 Å². The van der Waals surface area contributed by atoms with E-state index in [0.717, 1.165) is 12.1 Å². The van der Waals surface area contributed by atoms with Gasteiger partial charge in [0.15, 0.2) is 5.16 Å². The van der Waals surface area contributed by atoms with Crippen LogP contribution < -0.4 is 5.56 Å². The summed E-state index contributed by atoms with van der Waals surface area (Å²) < 4.78 is 39.5. The van der Waals surface area contributed by atoms with Crippen molar-refractivity contribution in [2.24, 2.45) is 7.05 Å². The van der Waals surface area contributed by atoms with Crippen molar-refractivity contribution in [3.8, 4) is 0 Å². The van der Waals surface area contributed by atoms with Gasteiger partial charge in [0.25, 0.3) is 5.56 Å². The van der Waals surface area contributed by atoms with Crippen LogP contribution in [0.3, 0.4) is 0 Å². The monoisotopic (exact) mass is 328 g/mol. The maximum atomic E-state index is 12.7. The first-order valence-corrected chi connectivity index (χ1v) is 7.52. The van der Waals surface area contributed by atoms with Gasteiger partial charge in [-0.15, -0.1) is 0 Å². The molecule has 2 aromatic rings. The van der Waals surface area contributed by atoms with Crippen molar-refractivity contribution < 1.29 is 13.2 Å². The van der Waals surface area contributed by atoms with Gasteiger partial charge in [-0.2, -0.15) is 13.2 Å². The van der Waals surface area contributed by atoms with Crippen molar-refractivity contribution in [2.45, 2.75) is 30.9 Å². The predicted molar refractivity (Wildman–Crippen MR) is 80.0 cm³/mol. The van der Waals surface area contributed by atoms with Crippen molar-refractivity contribution in [1.82, 2.24) is 9.55 Å². The van der Waals surface area contributed by atoms with Crippen LogP contribution >= 0.6 is 11.8 Å². The molecule has 3 nitrogen and oxygen atoms in total. The number of nitrogens with zero attached hydrogens (tertiary/aromatic N) is 2. The molecule has 0 saturated heterocycles. The topological polar surface area (TPSA) is 34.9 Å². The summed E-state index contributed by atoms with van der Waals surface area (Å²) >= 11 is 1.24. The number of rotatable bonds is 3. The highest BCUT2D eigenvalue weighted by Crippen LogP contribution is 2.30. The highest BCUT2D eigenvalue weighted by Gasteiger charge is 2.30. The lowest BCUT2D eigenvalue weighted by molar-refractivity contribution is -0.137. The van der Waals surface area contributed by atoms with E-state index in [1.807, 2.05) is 0 Å². The quantitative estimate of drug-likeness (QED) is 0.636. The molecule has 0 saturated carbocycles. The van der Waals surface area contributed by atoms with E-state index < -0.39 is 11.7 Å². The van der Waals surface area contributed by atoms with Gasteiger partial charge < -0.3 is 0 Å². The lowest BCUT2D eigenvalue weighted by atomic mass is 10.1. The number of thioether (sulfide) groups is 1. The largest absolute Gasteiger partial charge is 0.416 e. The Kier molecular flexibility index (Phi) is 4.65. The maximum Gasteiger partial charge on any atom is 0.416 e. The molecular weight excluding hydrogens is 313 g/mol. The Bertz CT molecular complexity index is 753. The fourth-order valence-electron chi connectivity index (χ4n) is 1.91. The van der Waals surface area contributed by atoms with Crippen LogP contribution in [0, 0.1) is 13.8 Å². The van der Waals surface area contributed by atoms with Gasteiger partial charge in [0.05, 0.1) is 5.56 Å². The van der Waals surface area contributed by atoms with Gasteiger partial charge in [-0.1, -0.05) is 30.0 Å². The van der Waals surface area contributed by atoms with Crippen LogP contribution in [0.25, 0.3) is 0 Å². The van der Waals surface area contributed by atoms with Gasteiger partial charge in [0.2, 0.25) is 0 Å². The molecule has 22 heavy (non-hydrogen) atoms. The third-order valence-electron chi connectivity index (χ3n) is 3.34. The molecular formula is C15H15F3N2OS. The molecule has 0 fully saturated rings. The second-order valence-corrected chi connectivity index (χ2v) is 5.90. The molecule has 0 aliphatic rings. The number of halogens is 3. The van der Waals surface area contributed by atoms with Gasteiger partial charge in [-0.25, -0.2) is 4.98 Å². The SMILES string of the molecule is Cc1nc(SCc2cccc(C(F)(F)F)c2)n(C)c(=O)c1C. The van der Waals surface area contributed by atoms with Gasteiger partial charge >= 0.3 is 6.18 Å². The molecule has 118 valence electrons. The summed E-state index contributed by atoms with van der Waals surface area (Å²) in [7, 11) is 1.61. The molecule has 1 heterocycles. The van der Waals surface area contributed by atoms with Crippen LogP contribution in [0.15, 0.2) is 34.2 Å². The number of aryl methyl sites for hydroxylation is 1. The third-order valence-corrected chi connectivity index (χ3v) is 4.44. The average molecular weight is 328 g/mol. The van der Waals surface area contributed by atoms with Crippen LogP contribution in [0.5, 0.6) is 0 Å². The molecule has 7 heteroatoms. The molecule has 0 radical (unpaired) electrons. The van der Waals surface area contributed by atoms with Crippen molar-refractivity contribution >= 4 is 11.8 Å². The lowest BCUT2D eigenvalue weighted by Crippen LogP contribution is -2.23. The Labute approximate surface area is 130 Å². The van der Waals surface area contributed by atoms with E-state index in [9.17, 15) is 18.0 Å². The summed E-state index contributed by atoms with van der Waals surface area (Å²) in [6, 6.07) is 5.16. The molecule has 0 spiro atoms. The molecule has 0 aliphatic heterocycles. The van der Waals surface area contributed by atoms with E-state index in [0.29, 0.717) is 27.7 Å². The number of benzene rings is 1. The predicted octanol–water partition coefficient (Wildman–Crippen LogP) is 3.71. The number of hydrogen-bond acceptors (Lipinski definition) is 3. The summed E-state index contributed by atoms with van der Waals surface area (Å²) in [5, 5.41) is 0.491. The minimum atomic E-state index is -4.35. The van der Waals surface area contributed by atoms with Gasteiger partial charge in [-0.3, -0.25) is 9.36 Å². The molecule has 0 amide bonds. The zero-order chi connectivity index (χ0) is 16.5. The minimum absolute atomic E-state index is 0.140. The fraction of sp³-hybridized carbons (Fsp3) is 0.333. The van der Waals surface area contributed by atoms with Gasteiger partial charge in [0, 0.05) is 24.1 Å². The molecule has 0 aliphatic carbocycles. The Hall–Kier alpha value is -1.76. The normalized spacial score (nSPS) is 11.7. The Morgan fingerprint density at radius 3 is 2.59 bits per heavy atom. The summed E-state index contributed by atoms with van der Waals surface area (Å²) in [6.45, 7) is 3.44. The second kappa shape index (κ2) is 6.16. The minimum Gasteiger partial charge on any atom is -0.291 e. The van der Waals surface area contributed by atoms with Crippen molar-refractivity contribution in [2.75, 3.05) is 0 Å². The van der Waals surface area contributed by atoms with Crippen molar-refractivity contribution in [1.29, 1.82) is 0 Å². The van der Waals surface area contributed by atoms with Crippen LogP contribution in [-0.2, 0) is 19.0 Å². The fourth-order valence-corrected chi connectivity index (χ4v) is 2.86. The zero-order valence-corrected chi connectivity index (χ0v) is 13.2. The van der Waals surface area contributed by atoms with Crippen molar-refractivity contribution in [3.63, 3.8) is 0 Å². The van der Waals surface area contributed by atoms with Crippen LogP contribution in [0.4, 0.5) is 13.2 Å². The number of alkyl halides is 3. The van der Waals surface area contributed by atoms with Gasteiger partial charge in [0.1, 0.15) is 0 Å². The summed E-state index contributed by atoms with van der Waals surface area (Å²) in [6.07, 6.45) is -4.35. The molecule has 1 aromatic heterocycles. The first-order chi connectivity index (χ1) is 10.2. The maximum absolute atomic E-state index is 12.7. The van der Waals surface area contributed by atoms with Gasteiger partial charge in [-0.05, 0) is 25.5 Å². The molecule has 0 bridgehead atoms. The summed E-state index contributed by atoms with van der Waals surface area (Å²) in [4.78, 5) is 16.3.